The lowest BCUT2D eigenvalue weighted by atomic mass is 9.82. The van der Waals surface area contributed by atoms with E-state index in [2.05, 4.69) is 180 Å². The molecule has 8 aromatic carbocycles. The van der Waals surface area contributed by atoms with Gasteiger partial charge >= 0.3 is 0 Å². The lowest BCUT2D eigenvalue weighted by Crippen LogP contribution is -2.10. The van der Waals surface area contributed by atoms with E-state index in [0.29, 0.717) is 0 Å². The SMILES string of the molecule is c1ccc(-c2c3c(c(-c4ccccc4)c4ccccc24)-c2ccc(N(c4ccccc4)c4ccc5ccncc5c4)c4cccc-3c24)cc1. The second-order valence-electron chi connectivity index (χ2n) is 12.7. The van der Waals surface area contributed by atoms with Crippen molar-refractivity contribution in [1.29, 1.82) is 0 Å². The van der Waals surface area contributed by atoms with E-state index in [1.165, 1.54) is 71.4 Å². The number of hydrogen-bond acceptors (Lipinski definition) is 2. The maximum Gasteiger partial charge on any atom is 0.0540 e. The third kappa shape index (κ3) is 4.24. The third-order valence-electron chi connectivity index (χ3n) is 10.0. The molecule has 1 heterocycles. The summed E-state index contributed by atoms with van der Waals surface area (Å²) in [4.78, 5) is 6.83. The molecule has 1 aromatic heterocycles. The lowest BCUT2D eigenvalue weighted by Gasteiger charge is -2.27. The van der Waals surface area contributed by atoms with Crippen molar-refractivity contribution in [2.45, 2.75) is 0 Å². The van der Waals surface area contributed by atoms with Crippen LogP contribution < -0.4 is 4.90 Å². The molecular weight excluding hydrogens is 593 g/mol. The van der Waals surface area contributed by atoms with Gasteiger partial charge < -0.3 is 4.90 Å². The molecule has 2 heteroatoms. The lowest BCUT2D eigenvalue weighted by molar-refractivity contribution is 1.30. The van der Waals surface area contributed by atoms with Crippen molar-refractivity contribution in [3.05, 3.63) is 182 Å². The van der Waals surface area contributed by atoms with Crippen molar-refractivity contribution >= 4 is 49.4 Å². The molecule has 0 radical (unpaired) electrons. The fraction of sp³-hybridized carbons (Fsp3) is 0. The Morgan fingerprint density at radius 2 is 0.980 bits per heavy atom. The normalized spacial score (nSPS) is 11.7. The summed E-state index contributed by atoms with van der Waals surface area (Å²) in [6.45, 7) is 0. The van der Waals surface area contributed by atoms with Crippen LogP contribution in [0.15, 0.2) is 182 Å². The first kappa shape index (κ1) is 27.6. The van der Waals surface area contributed by atoms with Crippen LogP contribution in [0.1, 0.15) is 0 Å². The Bertz CT molecular complexity index is 2610. The number of para-hydroxylation sites is 1. The molecule has 1 aliphatic carbocycles. The van der Waals surface area contributed by atoms with Crippen molar-refractivity contribution in [3.8, 4) is 44.5 Å². The first-order valence-corrected chi connectivity index (χ1v) is 16.8. The highest BCUT2D eigenvalue weighted by Crippen LogP contribution is 2.59. The number of anilines is 3. The van der Waals surface area contributed by atoms with Gasteiger partial charge in [-0.1, -0.05) is 133 Å². The number of aromatic nitrogens is 1. The maximum absolute atomic E-state index is 4.43. The first-order chi connectivity index (χ1) is 24.3. The molecule has 10 rings (SSSR count). The molecule has 0 saturated heterocycles. The Balaban J connectivity index is 1.32. The number of benzene rings is 8. The molecule has 0 atom stereocenters. The molecule has 0 N–H and O–H groups in total. The summed E-state index contributed by atoms with van der Waals surface area (Å²) in [6.07, 6.45) is 3.81. The van der Waals surface area contributed by atoms with Gasteiger partial charge in [-0.3, -0.25) is 4.98 Å². The van der Waals surface area contributed by atoms with Gasteiger partial charge in [0.2, 0.25) is 0 Å². The van der Waals surface area contributed by atoms with E-state index in [0.717, 1.165) is 22.4 Å². The Morgan fingerprint density at radius 3 is 1.65 bits per heavy atom. The predicted molar refractivity (Wildman–Crippen MR) is 207 cm³/mol. The zero-order valence-electron chi connectivity index (χ0n) is 26.7. The van der Waals surface area contributed by atoms with Crippen molar-refractivity contribution in [2.75, 3.05) is 4.90 Å². The molecule has 228 valence electrons. The van der Waals surface area contributed by atoms with Gasteiger partial charge in [0, 0.05) is 34.5 Å². The molecule has 2 nitrogen and oxygen atoms in total. The quantitative estimate of drug-likeness (QED) is 0.190. The van der Waals surface area contributed by atoms with E-state index >= 15 is 0 Å². The summed E-state index contributed by atoms with van der Waals surface area (Å²) in [7, 11) is 0. The Labute approximate surface area is 285 Å². The van der Waals surface area contributed by atoms with E-state index in [1.807, 2.05) is 12.4 Å². The fourth-order valence-corrected chi connectivity index (χ4v) is 8.01. The zero-order valence-corrected chi connectivity index (χ0v) is 26.7. The van der Waals surface area contributed by atoms with Crippen LogP contribution in [0.2, 0.25) is 0 Å². The van der Waals surface area contributed by atoms with E-state index < -0.39 is 0 Å². The number of pyridine rings is 1. The third-order valence-corrected chi connectivity index (χ3v) is 10.0. The highest BCUT2D eigenvalue weighted by Gasteiger charge is 2.31. The largest absolute Gasteiger partial charge is 0.310 e. The molecule has 0 bridgehead atoms. The predicted octanol–water partition coefficient (Wildman–Crippen LogP) is 13.0. The summed E-state index contributed by atoms with van der Waals surface area (Å²) in [6, 6.07) is 61.8. The number of rotatable bonds is 5. The van der Waals surface area contributed by atoms with E-state index in [4.69, 9.17) is 0 Å². The molecular formula is C47H30N2. The molecule has 9 aromatic rings. The minimum atomic E-state index is 1.10. The number of fused-ring (bicyclic) bond motifs is 5. The van der Waals surface area contributed by atoms with E-state index in [1.54, 1.807) is 0 Å². The van der Waals surface area contributed by atoms with Crippen LogP contribution in [0.3, 0.4) is 0 Å². The first-order valence-electron chi connectivity index (χ1n) is 16.8. The summed E-state index contributed by atoms with van der Waals surface area (Å²) >= 11 is 0. The zero-order chi connectivity index (χ0) is 32.3. The minimum Gasteiger partial charge on any atom is -0.310 e. The van der Waals surface area contributed by atoms with Crippen LogP contribution in [0, 0.1) is 0 Å². The minimum absolute atomic E-state index is 1.10. The number of nitrogens with zero attached hydrogens (tertiary/aromatic N) is 2. The van der Waals surface area contributed by atoms with Crippen molar-refractivity contribution < 1.29 is 0 Å². The summed E-state index contributed by atoms with van der Waals surface area (Å²) in [5, 5.41) is 7.35. The van der Waals surface area contributed by atoms with Gasteiger partial charge in [-0.15, -0.1) is 0 Å². The van der Waals surface area contributed by atoms with Crippen LogP contribution in [-0.4, -0.2) is 4.98 Å². The molecule has 1 aliphatic rings. The molecule has 0 fully saturated rings. The topological polar surface area (TPSA) is 16.1 Å². The van der Waals surface area contributed by atoms with Gasteiger partial charge in [0.05, 0.1) is 5.69 Å². The summed E-state index contributed by atoms with van der Waals surface area (Å²) < 4.78 is 0. The Kier molecular flexibility index (Phi) is 6.22. The van der Waals surface area contributed by atoms with Crippen LogP contribution in [0.5, 0.6) is 0 Å². The van der Waals surface area contributed by atoms with E-state index in [9.17, 15) is 0 Å². The van der Waals surface area contributed by atoms with Gasteiger partial charge in [-0.25, -0.2) is 0 Å². The smallest absolute Gasteiger partial charge is 0.0540 e. The maximum atomic E-state index is 4.43. The van der Waals surface area contributed by atoms with Crippen molar-refractivity contribution in [1.82, 2.24) is 4.98 Å². The average Bonchev–Trinajstić information content (AvgIpc) is 3.50. The second-order valence-corrected chi connectivity index (χ2v) is 12.7. The van der Waals surface area contributed by atoms with Crippen molar-refractivity contribution in [2.24, 2.45) is 0 Å². The molecule has 0 aliphatic heterocycles. The van der Waals surface area contributed by atoms with Gasteiger partial charge in [0.15, 0.2) is 0 Å². The van der Waals surface area contributed by atoms with Crippen molar-refractivity contribution in [3.63, 3.8) is 0 Å². The molecule has 0 spiro atoms. The monoisotopic (exact) mass is 622 g/mol. The average molecular weight is 623 g/mol. The van der Waals surface area contributed by atoms with Crippen LogP contribution in [0.4, 0.5) is 17.1 Å². The Hall–Kier alpha value is -6.51. The van der Waals surface area contributed by atoms with Crippen LogP contribution in [0.25, 0.3) is 76.8 Å². The van der Waals surface area contributed by atoms with Gasteiger partial charge in [-0.2, -0.15) is 0 Å². The summed E-state index contributed by atoms with van der Waals surface area (Å²) in [5.74, 6) is 0. The van der Waals surface area contributed by atoms with Gasteiger partial charge in [-0.05, 0) is 102 Å². The van der Waals surface area contributed by atoms with Gasteiger partial charge in [0.25, 0.3) is 0 Å². The standard InChI is InChI=1S/C47H30N2/c1-4-13-32(14-5-1)43-37-19-10-11-20-38(37)44(33-15-6-2-7-16-33)47-41-25-26-42(39-21-12-22-40(45(39)41)46(43)47)49(35-17-8-3-9-18-35)36-24-23-31-27-28-48-30-34(31)29-36/h1-30H. The van der Waals surface area contributed by atoms with E-state index in [-0.39, 0.29) is 0 Å². The molecule has 0 unspecified atom stereocenters. The fourth-order valence-electron chi connectivity index (χ4n) is 8.01. The molecule has 49 heavy (non-hydrogen) atoms. The molecule has 0 saturated carbocycles. The summed E-state index contributed by atoms with van der Waals surface area (Å²) in [5.41, 5.74) is 13.6. The van der Waals surface area contributed by atoms with Gasteiger partial charge in [0.1, 0.15) is 0 Å². The highest BCUT2D eigenvalue weighted by molar-refractivity contribution is 6.29. The van der Waals surface area contributed by atoms with Crippen LogP contribution in [-0.2, 0) is 0 Å². The highest BCUT2D eigenvalue weighted by atomic mass is 15.1. The Morgan fingerprint density at radius 1 is 0.388 bits per heavy atom. The molecule has 0 amide bonds. The van der Waals surface area contributed by atoms with Crippen LogP contribution >= 0.6 is 0 Å². The second kappa shape index (κ2) is 11.0. The number of hydrogen-bond donors (Lipinski definition) is 0.